The molecule has 0 fully saturated rings. The van der Waals surface area contributed by atoms with Gasteiger partial charge in [0.15, 0.2) is 0 Å². The molecular weight excluding hydrogens is 204 g/mol. The van der Waals surface area contributed by atoms with Crippen LogP contribution in [0.5, 0.6) is 0 Å². The predicted octanol–water partition coefficient (Wildman–Crippen LogP) is 1.46. The summed E-state index contributed by atoms with van der Waals surface area (Å²) in [4.78, 5) is 10.2. The maximum absolute atomic E-state index is 10.2. The molecule has 0 aliphatic carbocycles. The van der Waals surface area contributed by atoms with Crippen LogP contribution < -0.4 is 0 Å². The van der Waals surface area contributed by atoms with Crippen LogP contribution in [0.1, 0.15) is 18.9 Å². The van der Waals surface area contributed by atoms with Crippen molar-refractivity contribution in [1.29, 1.82) is 0 Å². The largest absolute Gasteiger partial charge is 0.472 e. The van der Waals surface area contributed by atoms with E-state index < -0.39 is 11.6 Å². The SMILES string of the molecule is CC(O)(CC#CC(=O)O)Cc1ccccc1. The molecule has 0 radical (unpaired) electrons. The first kappa shape index (κ1) is 12.3. The number of carboxylic acid groups (broad SMARTS) is 1. The van der Waals surface area contributed by atoms with Crippen molar-refractivity contribution in [1.82, 2.24) is 0 Å². The Hall–Kier alpha value is -1.79. The molecule has 0 amide bonds. The molecule has 0 saturated carbocycles. The average Bonchev–Trinajstić information content (AvgIpc) is 2.17. The summed E-state index contributed by atoms with van der Waals surface area (Å²) in [7, 11) is 0. The summed E-state index contributed by atoms with van der Waals surface area (Å²) in [6.45, 7) is 1.65. The molecule has 1 aromatic carbocycles. The van der Waals surface area contributed by atoms with Crippen LogP contribution >= 0.6 is 0 Å². The lowest BCUT2D eigenvalue weighted by Crippen LogP contribution is -2.26. The maximum Gasteiger partial charge on any atom is 0.381 e. The molecule has 0 aromatic heterocycles. The second kappa shape index (κ2) is 5.34. The minimum absolute atomic E-state index is 0.147. The van der Waals surface area contributed by atoms with Gasteiger partial charge >= 0.3 is 5.97 Å². The lowest BCUT2D eigenvalue weighted by atomic mass is 9.93. The van der Waals surface area contributed by atoms with Crippen molar-refractivity contribution in [2.75, 3.05) is 0 Å². The fourth-order valence-electron chi connectivity index (χ4n) is 1.41. The van der Waals surface area contributed by atoms with Gasteiger partial charge in [0, 0.05) is 18.8 Å². The van der Waals surface area contributed by atoms with E-state index in [1.165, 1.54) is 0 Å². The van der Waals surface area contributed by atoms with Gasteiger partial charge in [-0.15, -0.1) is 0 Å². The van der Waals surface area contributed by atoms with E-state index in [1.54, 1.807) is 6.92 Å². The number of carbonyl (C=O) groups is 1. The molecule has 1 atom stereocenters. The third-order valence-electron chi connectivity index (χ3n) is 2.09. The molecule has 1 rings (SSSR count). The smallest absolute Gasteiger partial charge is 0.381 e. The second-order valence-corrected chi connectivity index (χ2v) is 3.94. The number of hydrogen-bond donors (Lipinski definition) is 2. The Balaban J connectivity index is 2.59. The Kier molecular flexibility index (Phi) is 4.10. The number of aliphatic carboxylic acids is 1. The molecule has 0 spiro atoms. The number of aliphatic hydroxyl groups is 1. The highest BCUT2D eigenvalue weighted by atomic mass is 16.4. The van der Waals surface area contributed by atoms with E-state index in [0.717, 1.165) is 5.56 Å². The highest BCUT2D eigenvalue weighted by Gasteiger charge is 2.19. The summed E-state index contributed by atoms with van der Waals surface area (Å²) in [6, 6.07) is 9.53. The summed E-state index contributed by atoms with van der Waals surface area (Å²) in [5.74, 6) is 3.27. The zero-order valence-electron chi connectivity index (χ0n) is 9.10. The second-order valence-electron chi connectivity index (χ2n) is 3.94. The number of carboxylic acids is 1. The third-order valence-corrected chi connectivity index (χ3v) is 2.09. The highest BCUT2D eigenvalue weighted by molar-refractivity contribution is 5.86. The zero-order valence-corrected chi connectivity index (χ0v) is 9.10. The molecule has 0 bridgehead atoms. The van der Waals surface area contributed by atoms with Gasteiger partial charge < -0.3 is 10.2 Å². The molecule has 1 unspecified atom stereocenters. The fourth-order valence-corrected chi connectivity index (χ4v) is 1.41. The minimum atomic E-state index is -1.17. The zero-order chi connectivity index (χ0) is 12.0. The van der Waals surface area contributed by atoms with Gasteiger partial charge in [0.05, 0.1) is 5.60 Å². The van der Waals surface area contributed by atoms with Crippen LogP contribution in [-0.4, -0.2) is 21.8 Å². The van der Waals surface area contributed by atoms with Gasteiger partial charge in [-0.3, -0.25) is 0 Å². The molecule has 0 aliphatic heterocycles. The number of rotatable bonds is 3. The molecular formula is C13H14O3. The van der Waals surface area contributed by atoms with Gasteiger partial charge in [0.1, 0.15) is 0 Å². The van der Waals surface area contributed by atoms with Crippen LogP contribution in [0.15, 0.2) is 30.3 Å². The summed E-state index contributed by atoms with van der Waals surface area (Å²) < 4.78 is 0. The van der Waals surface area contributed by atoms with Gasteiger partial charge in [-0.05, 0) is 12.5 Å². The molecule has 0 heterocycles. The van der Waals surface area contributed by atoms with Crippen molar-refractivity contribution in [2.24, 2.45) is 0 Å². The first-order valence-electron chi connectivity index (χ1n) is 4.98. The summed E-state index contributed by atoms with van der Waals surface area (Å²) in [5, 5.41) is 18.3. The number of hydrogen-bond acceptors (Lipinski definition) is 2. The van der Waals surface area contributed by atoms with Crippen LogP contribution in [0.2, 0.25) is 0 Å². The normalized spacial score (nSPS) is 13.4. The quantitative estimate of drug-likeness (QED) is 0.755. The summed E-state index contributed by atoms with van der Waals surface area (Å²) in [5.41, 5.74) is 0.00806. The van der Waals surface area contributed by atoms with E-state index in [-0.39, 0.29) is 6.42 Å². The summed E-state index contributed by atoms with van der Waals surface area (Å²) >= 11 is 0. The van der Waals surface area contributed by atoms with E-state index in [1.807, 2.05) is 36.3 Å². The van der Waals surface area contributed by atoms with Crippen molar-refractivity contribution in [3.05, 3.63) is 35.9 Å². The summed E-state index contributed by atoms with van der Waals surface area (Å²) in [6.07, 6.45) is 0.607. The Morgan fingerprint density at radius 2 is 2.00 bits per heavy atom. The molecule has 0 aliphatic rings. The molecule has 3 heteroatoms. The van der Waals surface area contributed by atoms with Crippen molar-refractivity contribution in [3.8, 4) is 11.8 Å². The Morgan fingerprint density at radius 1 is 1.38 bits per heavy atom. The van der Waals surface area contributed by atoms with Gasteiger partial charge in [0.25, 0.3) is 0 Å². The van der Waals surface area contributed by atoms with Gasteiger partial charge in [0.2, 0.25) is 0 Å². The average molecular weight is 218 g/mol. The van der Waals surface area contributed by atoms with Crippen LogP contribution in [0.25, 0.3) is 0 Å². The van der Waals surface area contributed by atoms with E-state index in [2.05, 4.69) is 5.92 Å². The Labute approximate surface area is 94.7 Å². The van der Waals surface area contributed by atoms with Crippen LogP contribution in [0.4, 0.5) is 0 Å². The standard InChI is InChI=1S/C13H14O3/c1-13(16,9-5-8-12(14)15)10-11-6-3-2-4-7-11/h2-4,6-7,16H,9-10H2,1H3,(H,14,15). The van der Waals surface area contributed by atoms with Gasteiger partial charge in [-0.1, -0.05) is 36.3 Å². The lowest BCUT2D eigenvalue weighted by Gasteiger charge is -2.20. The topological polar surface area (TPSA) is 57.5 Å². The van der Waals surface area contributed by atoms with E-state index in [4.69, 9.17) is 5.11 Å². The Morgan fingerprint density at radius 3 is 2.56 bits per heavy atom. The van der Waals surface area contributed by atoms with E-state index >= 15 is 0 Å². The molecule has 84 valence electrons. The lowest BCUT2D eigenvalue weighted by molar-refractivity contribution is -0.130. The van der Waals surface area contributed by atoms with Gasteiger partial charge in [-0.2, -0.15) is 0 Å². The van der Waals surface area contributed by atoms with Crippen molar-refractivity contribution in [2.45, 2.75) is 25.4 Å². The minimum Gasteiger partial charge on any atom is -0.472 e. The number of benzene rings is 1. The first-order valence-corrected chi connectivity index (χ1v) is 4.98. The molecule has 16 heavy (non-hydrogen) atoms. The van der Waals surface area contributed by atoms with Crippen LogP contribution in [0.3, 0.4) is 0 Å². The van der Waals surface area contributed by atoms with Crippen LogP contribution in [-0.2, 0) is 11.2 Å². The molecule has 3 nitrogen and oxygen atoms in total. The predicted molar refractivity (Wildman–Crippen MR) is 60.8 cm³/mol. The highest BCUT2D eigenvalue weighted by Crippen LogP contribution is 2.15. The van der Waals surface area contributed by atoms with E-state index in [0.29, 0.717) is 6.42 Å². The molecule has 0 saturated heterocycles. The molecule has 1 aromatic rings. The van der Waals surface area contributed by atoms with Crippen molar-refractivity contribution >= 4 is 5.97 Å². The van der Waals surface area contributed by atoms with E-state index in [9.17, 15) is 9.90 Å². The van der Waals surface area contributed by atoms with Crippen molar-refractivity contribution < 1.29 is 15.0 Å². The third kappa shape index (κ3) is 4.63. The monoisotopic (exact) mass is 218 g/mol. The molecule has 2 N–H and O–H groups in total. The first-order chi connectivity index (χ1) is 7.49. The van der Waals surface area contributed by atoms with Crippen LogP contribution in [0, 0.1) is 11.8 Å². The maximum atomic E-state index is 10.2. The van der Waals surface area contributed by atoms with Crippen molar-refractivity contribution in [3.63, 3.8) is 0 Å². The van der Waals surface area contributed by atoms with Gasteiger partial charge in [-0.25, -0.2) is 4.79 Å². The Bertz CT molecular complexity index is 410. The fraction of sp³-hybridized carbons (Fsp3) is 0.308.